The van der Waals surface area contributed by atoms with Gasteiger partial charge in [-0.15, -0.1) is 0 Å². The van der Waals surface area contributed by atoms with Gasteiger partial charge in [0.25, 0.3) is 0 Å². The summed E-state index contributed by atoms with van der Waals surface area (Å²) in [5, 5.41) is 5.10. The van der Waals surface area contributed by atoms with Gasteiger partial charge in [0.2, 0.25) is 5.91 Å². The van der Waals surface area contributed by atoms with E-state index in [9.17, 15) is 9.18 Å². The van der Waals surface area contributed by atoms with Crippen molar-refractivity contribution >= 4 is 22.7 Å². The summed E-state index contributed by atoms with van der Waals surface area (Å²) in [5.74, 6) is 1.69. The molecule has 29 heavy (non-hydrogen) atoms. The maximum atomic E-state index is 13.7. The summed E-state index contributed by atoms with van der Waals surface area (Å²) in [7, 11) is 0. The van der Waals surface area contributed by atoms with Crippen LogP contribution in [0.5, 0.6) is 0 Å². The molecule has 158 valence electrons. The average molecular weight is 403 g/mol. The van der Waals surface area contributed by atoms with Gasteiger partial charge in [0.05, 0.1) is 5.39 Å². The van der Waals surface area contributed by atoms with Gasteiger partial charge in [0, 0.05) is 38.7 Å². The number of carbonyl (C=O) groups excluding carboxylic acids is 1. The van der Waals surface area contributed by atoms with Crippen LogP contribution in [0.4, 0.5) is 10.2 Å². The fraction of sp³-hybridized carbons (Fsp3) is 0.636. The zero-order valence-corrected chi connectivity index (χ0v) is 17.2. The molecule has 1 saturated heterocycles. The molecule has 1 saturated carbocycles. The maximum Gasteiger partial charge on any atom is 0.217 e. The van der Waals surface area contributed by atoms with E-state index in [1.807, 2.05) is 6.07 Å². The number of amides is 1. The second-order valence-corrected chi connectivity index (χ2v) is 8.78. The summed E-state index contributed by atoms with van der Waals surface area (Å²) < 4.78 is 19.1. The number of aromatic nitrogens is 1. The Hall–Kier alpha value is -2.15. The molecule has 2 heterocycles. The Balaban J connectivity index is 1.24. The van der Waals surface area contributed by atoms with Crippen molar-refractivity contribution < 1.29 is 13.7 Å². The maximum absolute atomic E-state index is 13.7. The first-order chi connectivity index (χ1) is 14.0. The minimum Gasteiger partial charge on any atom is -0.370 e. The Labute approximate surface area is 171 Å². The van der Waals surface area contributed by atoms with Crippen LogP contribution < -0.4 is 10.6 Å². The number of hydrogen-bond donors (Lipinski definition) is 1. The lowest BCUT2D eigenvalue weighted by molar-refractivity contribution is -0.119. The number of piperazine rings is 1. The van der Waals surface area contributed by atoms with E-state index < -0.39 is 0 Å². The number of anilines is 1. The Morgan fingerprint density at radius 2 is 1.86 bits per heavy atom. The van der Waals surface area contributed by atoms with E-state index in [1.165, 1.54) is 25.3 Å². The quantitative estimate of drug-likeness (QED) is 0.801. The highest BCUT2D eigenvalue weighted by Crippen LogP contribution is 2.33. The highest BCUT2D eigenvalue weighted by atomic mass is 19.1. The van der Waals surface area contributed by atoms with Crippen molar-refractivity contribution in [3.8, 4) is 0 Å². The lowest BCUT2D eigenvalue weighted by Gasteiger charge is -2.36. The molecule has 0 atom stereocenters. The molecule has 7 heteroatoms. The van der Waals surface area contributed by atoms with Gasteiger partial charge in [-0.05, 0) is 56.2 Å². The van der Waals surface area contributed by atoms with Crippen LogP contribution in [0.2, 0.25) is 0 Å². The summed E-state index contributed by atoms with van der Waals surface area (Å²) >= 11 is 0. The number of nitrogens with two attached hydrogens (primary N) is 1. The summed E-state index contributed by atoms with van der Waals surface area (Å²) in [6.07, 6.45) is 6.50. The molecule has 1 aromatic heterocycles. The van der Waals surface area contributed by atoms with E-state index in [0.717, 1.165) is 62.7 Å². The molecule has 0 radical (unpaired) electrons. The third kappa shape index (κ3) is 4.71. The number of hydrogen-bond acceptors (Lipinski definition) is 5. The van der Waals surface area contributed by atoms with E-state index >= 15 is 0 Å². The SMILES string of the molecule is Cc1cc2c(N3CCN(CCC4CCC(CC(N)=O)CC4)CC3)noc2cc1F. The molecule has 1 aromatic carbocycles. The minimum atomic E-state index is -0.256. The van der Waals surface area contributed by atoms with Gasteiger partial charge < -0.3 is 15.2 Å². The first kappa shape index (κ1) is 20.1. The first-order valence-electron chi connectivity index (χ1n) is 10.8. The number of aryl methyl sites for hydroxylation is 1. The second-order valence-electron chi connectivity index (χ2n) is 8.78. The van der Waals surface area contributed by atoms with Crippen LogP contribution in [0.25, 0.3) is 11.0 Å². The molecule has 2 fully saturated rings. The predicted octanol–water partition coefficient (Wildman–Crippen LogP) is 3.47. The average Bonchev–Trinajstić information content (AvgIpc) is 3.10. The standard InChI is InChI=1S/C22H31FN4O2/c1-15-12-18-20(14-19(15)23)29-25-22(18)27-10-8-26(9-11-27)7-6-16-2-4-17(5-3-16)13-21(24)28/h12,14,16-17H,2-11,13H2,1H3,(H2,24,28). The third-order valence-corrected chi connectivity index (χ3v) is 6.71. The van der Waals surface area contributed by atoms with Crippen LogP contribution in [-0.4, -0.2) is 48.7 Å². The molecular weight excluding hydrogens is 371 g/mol. The largest absolute Gasteiger partial charge is 0.370 e. The van der Waals surface area contributed by atoms with Crippen molar-refractivity contribution in [2.24, 2.45) is 17.6 Å². The highest BCUT2D eigenvalue weighted by Gasteiger charge is 2.25. The fourth-order valence-electron chi connectivity index (χ4n) is 4.84. The molecule has 0 bridgehead atoms. The molecule has 0 unspecified atom stereocenters. The van der Waals surface area contributed by atoms with E-state index in [2.05, 4.69) is 15.0 Å². The number of carbonyl (C=O) groups is 1. The minimum absolute atomic E-state index is 0.161. The van der Waals surface area contributed by atoms with E-state index in [1.54, 1.807) is 6.92 Å². The Morgan fingerprint density at radius 3 is 2.55 bits per heavy atom. The Morgan fingerprint density at radius 1 is 1.17 bits per heavy atom. The highest BCUT2D eigenvalue weighted by molar-refractivity contribution is 5.89. The van der Waals surface area contributed by atoms with Gasteiger partial charge in [-0.2, -0.15) is 0 Å². The zero-order chi connectivity index (χ0) is 20.4. The molecule has 1 amide bonds. The van der Waals surface area contributed by atoms with Gasteiger partial charge in [-0.25, -0.2) is 4.39 Å². The number of halogens is 1. The Kier molecular flexibility index (Phi) is 6.04. The molecule has 2 aliphatic rings. The molecule has 2 N–H and O–H groups in total. The summed E-state index contributed by atoms with van der Waals surface area (Å²) in [5.41, 5.74) is 6.46. The predicted molar refractivity (Wildman–Crippen MR) is 111 cm³/mol. The third-order valence-electron chi connectivity index (χ3n) is 6.71. The van der Waals surface area contributed by atoms with Gasteiger partial charge in [0.15, 0.2) is 11.4 Å². The summed E-state index contributed by atoms with van der Waals surface area (Å²) in [6, 6.07) is 3.26. The topological polar surface area (TPSA) is 75.6 Å². The van der Waals surface area contributed by atoms with Gasteiger partial charge in [-0.3, -0.25) is 9.69 Å². The van der Waals surface area contributed by atoms with Gasteiger partial charge in [0.1, 0.15) is 5.82 Å². The molecule has 4 rings (SSSR count). The van der Waals surface area contributed by atoms with Gasteiger partial charge in [-0.1, -0.05) is 18.0 Å². The van der Waals surface area contributed by atoms with Crippen LogP contribution in [0.15, 0.2) is 16.7 Å². The lowest BCUT2D eigenvalue weighted by atomic mass is 9.79. The molecular formula is C22H31FN4O2. The van der Waals surface area contributed by atoms with Crippen molar-refractivity contribution in [2.75, 3.05) is 37.6 Å². The van der Waals surface area contributed by atoms with Crippen LogP contribution in [0, 0.1) is 24.6 Å². The van der Waals surface area contributed by atoms with E-state index in [4.69, 9.17) is 10.3 Å². The molecule has 1 aliphatic heterocycles. The second kappa shape index (κ2) is 8.69. The Bertz CT molecular complexity index is 852. The van der Waals surface area contributed by atoms with Crippen LogP contribution in [0.3, 0.4) is 0 Å². The molecule has 2 aromatic rings. The summed E-state index contributed by atoms with van der Waals surface area (Å²) in [4.78, 5) is 15.9. The van der Waals surface area contributed by atoms with E-state index in [0.29, 0.717) is 23.5 Å². The van der Waals surface area contributed by atoms with Crippen molar-refractivity contribution in [3.05, 3.63) is 23.5 Å². The van der Waals surface area contributed by atoms with Crippen LogP contribution >= 0.6 is 0 Å². The normalized spacial score (nSPS) is 23.6. The first-order valence-corrected chi connectivity index (χ1v) is 10.8. The number of primary amides is 1. The number of fused-ring (bicyclic) bond motifs is 1. The van der Waals surface area contributed by atoms with Crippen molar-refractivity contribution in [1.29, 1.82) is 0 Å². The van der Waals surface area contributed by atoms with Gasteiger partial charge >= 0.3 is 0 Å². The molecule has 6 nitrogen and oxygen atoms in total. The number of rotatable bonds is 6. The number of nitrogens with zero attached hydrogens (tertiary/aromatic N) is 3. The number of benzene rings is 1. The van der Waals surface area contributed by atoms with Crippen molar-refractivity contribution in [3.63, 3.8) is 0 Å². The van der Waals surface area contributed by atoms with E-state index in [-0.39, 0.29) is 11.7 Å². The van der Waals surface area contributed by atoms with Crippen molar-refractivity contribution in [2.45, 2.75) is 45.4 Å². The monoisotopic (exact) mass is 402 g/mol. The van der Waals surface area contributed by atoms with Crippen LogP contribution in [-0.2, 0) is 4.79 Å². The lowest BCUT2D eigenvalue weighted by Crippen LogP contribution is -2.47. The fourth-order valence-corrected chi connectivity index (χ4v) is 4.84. The molecule has 1 aliphatic carbocycles. The van der Waals surface area contributed by atoms with Crippen LogP contribution in [0.1, 0.15) is 44.1 Å². The molecule has 0 spiro atoms. The smallest absolute Gasteiger partial charge is 0.217 e. The summed E-state index contributed by atoms with van der Waals surface area (Å²) in [6.45, 7) is 6.72. The van der Waals surface area contributed by atoms with Crippen molar-refractivity contribution in [1.82, 2.24) is 10.1 Å². The zero-order valence-electron chi connectivity index (χ0n) is 17.2.